The van der Waals surface area contributed by atoms with Gasteiger partial charge in [0.25, 0.3) is 0 Å². The van der Waals surface area contributed by atoms with Gasteiger partial charge in [0.2, 0.25) is 0 Å². The van der Waals surface area contributed by atoms with Crippen LogP contribution in [0.25, 0.3) is 0 Å². The van der Waals surface area contributed by atoms with Crippen LogP contribution in [0.2, 0.25) is 0 Å². The van der Waals surface area contributed by atoms with Crippen LogP contribution in [-0.4, -0.2) is 38.8 Å². The topological polar surface area (TPSA) is 46.2 Å². The molecule has 3 nitrogen and oxygen atoms in total. The molecule has 0 aliphatic carbocycles. The molecule has 0 unspecified atom stereocenters. The largest absolute Gasteiger partial charge is 0.316 e. The normalized spacial score (nSPS) is 16.5. The molecule has 1 saturated heterocycles. The number of sulfone groups is 1. The van der Waals surface area contributed by atoms with Crippen LogP contribution in [0.3, 0.4) is 0 Å². The number of hydrogen-bond donors (Lipinski definition) is 1. The summed E-state index contributed by atoms with van der Waals surface area (Å²) in [6.07, 6.45) is 0. The van der Waals surface area contributed by atoms with Crippen molar-refractivity contribution in [2.24, 2.45) is 5.92 Å². The molecule has 0 saturated carbocycles. The molecule has 18 heavy (non-hydrogen) atoms. The van der Waals surface area contributed by atoms with Gasteiger partial charge in [-0.2, -0.15) is 11.8 Å². The second kappa shape index (κ2) is 6.41. The lowest BCUT2D eigenvalue weighted by Crippen LogP contribution is -2.43. The Morgan fingerprint density at radius 2 is 1.94 bits per heavy atom. The Kier molecular flexibility index (Phi) is 5.12. The van der Waals surface area contributed by atoms with E-state index < -0.39 is 9.84 Å². The third-order valence-electron chi connectivity index (χ3n) is 2.89. The lowest BCUT2D eigenvalue weighted by atomic mass is 10.1. The fourth-order valence-corrected chi connectivity index (χ4v) is 4.78. The van der Waals surface area contributed by atoms with Crippen LogP contribution in [0.15, 0.2) is 33.6 Å². The zero-order valence-corrected chi connectivity index (χ0v) is 13.2. The summed E-state index contributed by atoms with van der Waals surface area (Å²) in [5, 5.41) is 3.21. The van der Waals surface area contributed by atoms with E-state index in [-0.39, 0.29) is 5.75 Å². The monoisotopic (exact) mass is 349 g/mol. The molecule has 1 aromatic carbocycles. The predicted octanol–water partition coefficient (Wildman–Crippen LogP) is 2.18. The summed E-state index contributed by atoms with van der Waals surface area (Å²) < 4.78 is 25.0. The van der Waals surface area contributed by atoms with E-state index in [1.807, 2.05) is 0 Å². The number of thioether (sulfide) groups is 1. The lowest BCUT2D eigenvalue weighted by Gasteiger charge is -2.26. The molecule has 1 N–H and O–H groups in total. The second-order valence-corrected chi connectivity index (χ2v) is 8.55. The van der Waals surface area contributed by atoms with Gasteiger partial charge < -0.3 is 5.32 Å². The number of rotatable bonds is 6. The molecular formula is C12H16BrNO2S2. The van der Waals surface area contributed by atoms with Crippen LogP contribution in [0, 0.1) is 5.92 Å². The highest BCUT2D eigenvalue weighted by Gasteiger charge is 2.18. The highest BCUT2D eigenvalue weighted by atomic mass is 79.9. The standard InChI is InChI=1S/C12H16BrNO2S2/c13-11-1-3-12(4-2-11)18(15,16)6-5-17-9-10-7-14-8-10/h1-4,10,14H,5-9H2. The first-order valence-corrected chi connectivity index (χ1v) is 9.45. The Labute approximate surface area is 121 Å². The number of nitrogens with one attached hydrogen (secondary N) is 1. The molecule has 0 amide bonds. The molecule has 0 bridgehead atoms. The first kappa shape index (κ1) is 14.4. The summed E-state index contributed by atoms with van der Waals surface area (Å²) in [4.78, 5) is 0.414. The van der Waals surface area contributed by atoms with Gasteiger partial charge in [0.05, 0.1) is 10.6 Å². The van der Waals surface area contributed by atoms with Gasteiger partial charge in [-0.3, -0.25) is 0 Å². The minimum absolute atomic E-state index is 0.222. The first-order valence-electron chi connectivity index (χ1n) is 5.85. The Balaban J connectivity index is 1.81. The summed E-state index contributed by atoms with van der Waals surface area (Å²) >= 11 is 5.03. The van der Waals surface area contributed by atoms with Crippen LogP contribution in [0.4, 0.5) is 0 Å². The van der Waals surface area contributed by atoms with Gasteiger partial charge in [-0.05, 0) is 49.0 Å². The molecule has 6 heteroatoms. The van der Waals surface area contributed by atoms with Crippen LogP contribution >= 0.6 is 27.7 Å². The number of benzene rings is 1. The van der Waals surface area contributed by atoms with Crippen LogP contribution in [-0.2, 0) is 9.84 Å². The van der Waals surface area contributed by atoms with Crippen molar-refractivity contribution < 1.29 is 8.42 Å². The average Bonchev–Trinajstić information content (AvgIpc) is 2.27. The van der Waals surface area contributed by atoms with Crippen LogP contribution < -0.4 is 5.32 Å². The Morgan fingerprint density at radius 1 is 1.28 bits per heavy atom. The first-order chi connectivity index (χ1) is 8.58. The molecule has 1 fully saturated rings. The minimum Gasteiger partial charge on any atom is -0.316 e. The van der Waals surface area contributed by atoms with Crippen molar-refractivity contribution in [3.05, 3.63) is 28.7 Å². The fraction of sp³-hybridized carbons (Fsp3) is 0.500. The molecule has 1 aliphatic rings. The van der Waals surface area contributed by atoms with Crippen molar-refractivity contribution in [2.45, 2.75) is 4.90 Å². The summed E-state index contributed by atoms with van der Waals surface area (Å²) in [6, 6.07) is 6.83. The predicted molar refractivity (Wildman–Crippen MR) is 79.9 cm³/mol. The van der Waals surface area contributed by atoms with E-state index >= 15 is 0 Å². The average molecular weight is 350 g/mol. The SMILES string of the molecule is O=S(=O)(CCSCC1CNC1)c1ccc(Br)cc1. The second-order valence-electron chi connectivity index (χ2n) is 4.37. The quantitative estimate of drug-likeness (QED) is 0.799. The molecular weight excluding hydrogens is 334 g/mol. The smallest absolute Gasteiger partial charge is 0.179 e. The summed E-state index contributed by atoms with van der Waals surface area (Å²) in [6.45, 7) is 2.15. The number of hydrogen-bond acceptors (Lipinski definition) is 4. The third-order valence-corrected chi connectivity index (χ3v) is 6.61. The van der Waals surface area contributed by atoms with E-state index in [1.54, 1.807) is 36.0 Å². The van der Waals surface area contributed by atoms with Crippen molar-refractivity contribution >= 4 is 37.5 Å². The summed E-state index contributed by atoms with van der Waals surface area (Å²) in [5.41, 5.74) is 0. The van der Waals surface area contributed by atoms with Gasteiger partial charge in [0, 0.05) is 10.2 Å². The van der Waals surface area contributed by atoms with Crippen LogP contribution in [0.5, 0.6) is 0 Å². The van der Waals surface area contributed by atoms with Gasteiger partial charge in [-0.25, -0.2) is 8.42 Å². The van der Waals surface area contributed by atoms with E-state index in [9.17, 15) is 8.42 Å². The fourth-order valence-electron chi connectivity index (χ4n) is 1.64. The lowest BCUT2D eigenvalue weighted by molar-refractivity contribution is 0.385. The molecule has 0 aromatic heterocycles. The van der Waals surface area contributed by atoms with Gasteiger partial charge in [0.1, 0.15) is 0 Å². The molecule has 0 atom stereocenters. The Hall–Kier alpha value is -0.0400. The molecule has 0 spiro atoms. The molecule has 0 radical (unpaired) electrons. The van der Waals surface area contributed by atoms with E-state index in [1.165, 1.54) is 0 Å². The van der Waals surface area contributed by atoms with E-state index in [0.717, 1.165) is 29.2 Å². The van der Waals surface area contributed by atoms with Crippen molar-refractivity contribution in [2.75, 3.05) is 30.3 Å². The highest BCUT2D eigenvalue weighted by molar-refractivity contribution is 9.10. The van der Waals surface area contributed by atoms with Crippen molar-refractivity contribution in [1.82, 2.24) is 5.32 Å². The maximum Gasteiger partial charge on any atom is 0.179 e. The third kappa shape index (κ3) is 3.98. The van der Waals surface area contributed by atoms with Gasteiger partial charge in [-0.15, -0.1) is 0 Å². The maximum absolute atomic E-state index is 12.0. The van der Waals surface area contributed by atoms with E-state index in [2.05, 4.69) is 21.2 Å². The maximum atomic E-state index is 12.0. The molecule has 1 aliphatic heterocycles. The highest BCUT2D eigenvalue weighted by Crippen LogP contribution is 2.18. The molecule has 2 rings (SSSR count). The van der Waals surface area contributed by atoms with E-state index in [0.29, 0.717) is 10.6 Å². The molecule has 1 aromatic rings. The minimum atomic E-state index is -3.12. The van der Waals surface area contributed by atoms with Crippen molar-refractivity contribution in [3.8, 4) is 0 Å². The van der Waals surface area contributed by atoms with Crippen molar-refractivity contribution in [1.29, 1.82) is 0 Å². The molecule has 100 valence electrons. The summed E-state index contributed by atoms with van der Waals surface area (Å²) in [7, 11) is -3.12. The Bertz CT molecular complexity index is 483. The summed E-state index contributed by atoms with van der Waals surface area (Å²) in [5.74, 6) is 2.68. The zero-order chi connectivity index (χ0) is 13.0. The van der Waals surface area contributed by atoms with Gasteiger partial charge >= 0.3 is 0 Å². The zero-order valence-electron chi connectivity index (χ0n) is 9.93. The Morgan fingerprint density at radius 3 is 2.50 bits per heavy atom. The van der Waals surface area contributed by atoms with Crippen LogP contribution in [0.1, 0.15) is 0 Å². The van der Waals surface area contributed by atoms with Crippen molar-refractivity contribution in [3.63, 3.8) is 0 Å². The molecule has 1 heterocycles. The van der Waals surface area contributed by atoms with Gasteiger partial charge in [0.15, 0.2) is 9.84 Å². The number of halogens is 1. The van der Waals surface area contributed by atoms with Gasteiger partial charge in [-0.1, -0.05) is 15.9 Å². The van der Waals surface area contributed by atoms with E-state index in [4.69, 9.17) is 0 Å².